The topological polar surface area (TPSA) is 120 Å². The van der Waals surface area contributed by atoms with Crippen LogP contribution in [0, 0.1) is 23.6 Å². The van der Waals surface area contributed by atoms with Crippen molar-refractivity contribution in [1.82, 2.24) is 24.5 Å². The molecule has 5 aliphatic rings. The van der Waals surface area contributed by atoms with Crippen LogP contribution in [0.2, 0.25) is 0 Å². The van der Waals surface area contributed by atoms with E-state index in [1.807, 2.05) is 19.0 Å². The van der Waals surface area contributed by atoms with E-state index in [0.717, 1.165) is 42.6 Å². The molecule has 14 heteroatoms. The Labute approximate surface area is 277 Å². The molecule has 2 unspecified atom stereocenters. The fraction of sp³-hybridized carbons (Fsp3) is 0.471. The summed E-state index contributed by atoms with van der Waals surface area (Å²) >= 11 is 0. The fourth-order valence-corrected chi connectivity index (χ4v) is 9.54. The van der Waals surface area contributed by atoms with E-state index in [2.05, 4.69) is 21.1 Å². The molecule has 0 spiro atoms. The average molecular weight is 679 g/mol. The van der Waals surface area contributed by atoms with Gasteiger partial charge in [-0.1, -0.05) is 12.0 Å². The van der Waals surface area contributed by atoms with Crippen LogP contribution < -0.4 is 15.0 Å². The van der Waals surface area contributed by atoms with Crippen molar-refractivity contribution >= 4 is 38.1 Å². The molecule has 48 heavy (non-hydrogen) atoms. The van der Waals surface area contributed by atoms with Crippen LogP contribution in [0.1, 0.15) is 42.5 Å². The van der Waals surface area contributed by atoms with E-state index >= 15 is 8.78 Å². The first-order valence-corrected chi connectivity index (χ1v) is 17.6. The van der Waals surface area contributed by atoms with Crippen molar-refractivity contribution < 1.29 is 31.8 Å². The summed E-state index contributed by atoms with van der Waals surface area (Å²) < 4.78 is 75.1. The van der Waals surface area contributed by atoms with Crippen LogP contribution in [-0.4, -0.2) is 104 Å². The largest absolute Gasteiger partial charge is 0.508 e. The summed E-state index contributed by atoms with van der Waals surface area (Å²) in [5.74, 6) is 0.420. The van der Waals surface area contributed by atoms with E-state index < -0.39 is 39.1 Å². The van der Waals surface area contributed by atoms with Crippen molar-refractivity contribution in [3.63, 3.8) is 0 Å². The van der Waals surface area contributed by atoms with Gasteiger partial charge in [0.25, 0.3) is 10.0 Å². The molecule has 1 aliphatic carbocycles. The molecule has 252 valence electrons. The van der Waals surface area contributed by atoms with Crippen LogP contribution in [0.4, 0.5) is 14.6 Å². The summed E-state index contributed by atoms with van der Waals surface area (Å²) in [4.78, 5) is 12.8. The van der Waals surface area contributed by atoms with E-state index in [9.17, 15) is 13.5 Å². The molecule has 1 saturated carbocycles. The maximum absolute atomic E-state index is 17.5. The van der Waals surface area contributed by atoms with Crippen LogP contribution in [0.25, 0.3) is 22.3 Å². The smallest absolute Gasteiger partial charge is 0.319 e. The Kier molecular flexibility index (Phi) is 7.33. The average Bonchev–Trinajstić information content (AvgIpc) is 3.70. The molecule has 2 bridgehead atoms. The summed E-state index contributed by atoms with van der Waals surface area (Å²) in [6, 6.07) is 4.48. The van der Waals surface area contributed by atoms with Crippen molar-refractivity contribution in [2.45, 2.75) is 48.7 Å². The molecule has 5 heterocycles. The van der Waals surface area contributed by atoms with Crippen LogP contribution in [0.5, 0.6) is 11.8 Å². The minimum absolute atomic E-state index is 0.00156. The summed E-state index contributed by atoms with van der Waals surface area (Å²) in [7, 11) is -0.591. The number of fused-ring (bicyclic) bond motifs is 4. The Morgan fingerprint density at radius 2 is 1.90 bits per heavy atom. The van der Waals surface area contributed by atoms with Crippen LogP contribution >= 0.6 is 0 Å². The van der Waals surface area contributed by atoms with Gasteiger partial charge in [-0.3, -0.25) is 4.31 Å². The number of hydrogen-bond donors (Lipinski definition) is 2. The molecule has 8 rings (SSSR count). The third-order valence-electron chi connectivity index (χ3n) is 10.0. The quantitative estimate of drug-likeness (QED) is 0.344. The number of sulfonamides is 1. The molecular weight excluding hydrogens is 642 g/mol. The highest BCUT2D eigenvalue weighted by molar-refractivity contribution is 7.89. The number of ether oxygens (including phenoxy) is 2. The van der Waals surface area contributed by atoms with E-state index in [1.54, 1.807) is 0 Å². The van der Waals surface area contributed by atoms with Gasteiger partial charge in [0.2, 0.25) is 0 Å². The molecule has 1 aromatic heterocycles. The number of nitrogens with one attached hydrogen (secondary N) is 1. The van der Waals surface area contributed by atoms with Crippen LogP contribution in [0.15, 0.2) is 29.2 Å². The number of piperazine rings is 1. The third kappa shape index (κ3) is 5.06. The number of anilines is 1. The molecule has 0 radical (unpaired) electrons. The number of phenolic OH excluding ortho intramolecular Hbond substituents is 1. The van der Waals surface area contributed by atoms with Crippen LogP contribution in [-0.2, 0) is 14.8 Å². The molecule has 2 atom stereocenters. The third-order valence-corrected chi connectivity index (χ3v) is 11.9. The Morgan fingerprint density at radius 1 is 1.17 bits per heavy atom. The maximum atomic E-state index is 17.5. The molecule has 2 aromatic carbocycles. The summed E-state index contributed by atoms with van der Waals surface area (Å²) in [5, 5.41) is 14.7. The Morgan fingerprint density at radius 3 is 2.52 bits per heavy atom. The van der Waals surface area contributed by atoms with Gasteiger partial charge >= 0.3 is 6.01 Å². The van der Waals surface area contributed by atoms with Gasteiger partial charge < -0.3 is 29.7 Å². The fourth-order valence-electron chi connectivity index (χ4n) is 7.62. The highest BCUT2D eigenvalue weighted by Gasteiger charge is 2.50. The zero-order valence-electron chi connectivity index (χ0n) is 26.7. The van der Waals surface area contributed by atoms with Gasteiger partial charge in [-0.2, -0.15) is 9.97 Å². The number of terminal acetylenes is 1. The van der Waals surface area contributed by atoms with E-state index in [0.29, 0.717) is 18.5 Å². The highest BCUT2D eigenvalue weighted by atomic mass is 32.2. The first kappa shape index (κ1) is 31.3. The maximum Gasteiger partial charge on any atom is 0.319 e. The van der Waals surface area contributed by atoms with Crippen molar-refractivity contribution in [2.24, 2.45) is 5.41 Å². The second kappa shape index (κ2) is 11.3. The molecule has 3 aromatic rings. The van der Waals surface area contributed by atoms with Crippen LogP contribution in [0.3, 0.4) is 0 Å². The number of halogens is 2. The summed E-state index contributed by atoms with van der Waals surface area (Å²) in [6.07, 6.45) is 9.50. The zero-order valence-corrected chi connectivity index (χ0v) is 27.5. The first-order valence-electron chi connectivity index (χ1n) is 16.1. The van der Waals surface area contributed by atoms with Gasteiger partial charge in [0.1, 0.15) is 17.3 Å². The van der Waals surface area contributed by atoms with Gasteiger partial charge in [0.05, 0.1) is 37.1 Å². The lowest BCUT2D eigenvalue weighted by Crippen LogP contribution is -2.54. The van der Waals surface area contributed by atoms with Gasteiger partial charge in [-0.15, -0.1) is 6.42 Å². The minimum Gasteiger partial charge on any atom is -0.508 e. The first-order chi connectivity index (χ1) is 23.0. The molecule has 11 nitrogen and oxygen atoms in total. The van der Waals surface area contributed by atoms with Crippen molar-refractivity contribution in [1.29, 1.82) is 0 Å². The Hall–Kier alpha value is -4.03. The molecule has 2 N–H and O–H groups in total. The molecule has 0 amide bonds. The molecule has 4 fully saturated rings. The molecular formula is C34H36F2N6O5S. The van der Waals surface area contributed by atoms with Gasteiger partial charge in [0.15, 0.2) is 16.5 Å². The van der Waals surface area contributed by atoms with Gasteiger partial charge in [0, 0.05) is 48.1 Å². The Bertz CT molecular complexity index is 2010. The minimum atomic E-state index is -4.56. The normalized spacial score (nSPS) is 24.1. The second-order valence-electron chi connectivity index (χ2n) is 13.9. The van der Waals surface area contributed by atoms with Gasteiger partial charge in [-0.05, 0) is 63.4 Å². The summed E-state index contributed by atoms with van der Waals surface area (Å²) in [5.41, 5.74) is -1.21. The standard InChI is InChI=1S/C34H36F2N6O5S/c1-4-24-26(35)8-5-19-11-23(43)12-25(27(19)24)30-28(36)29-31(48(44,45)42(30)22-15-46-16-22)32(41-13-20-6-7-21(14-41)37-20)39-33(38-29)47-18-34(9-10-34)17-40(2)3/h1,5,8,11-12,20-22,37,43H,6-7,9-10,13-18H2,2-3H3. The number of hydrogen-bond acceptors (Lipinski definition) is 10. The number of benzene rings is 2. The lowest BCUT2D eigenvalue weighted by atomic mass is 9.95. The number of phenols is 1. The Balaban J connectivity index is 1.37. The number of nitrogens with zero attached hydrogens (tertiary/aromatic N) is 5. The predicted molar refractivity (Wildman–Crippen MR) is 175 cm³/mol. The lowest BCUT2D eigenvalue weighted by Gasteiger charge is -2.42. The van der Waals surface area contributed by atoms with Gasteiger partial charge in [-0.25, -0.2) is 17.2 Å². The SMILES string of the molecule is C#Cc1c(F)ccc2cc(O)cc(C3=C(F)c4nc(OCC5(CN(C)C)CC5)nc(N5CC6CCC(C5)N6)c4S(=O)(=O)N3C3COC3)c12. The van der Waals surface area contributed by atoms with E-state index in [4.69, 9.17) is 20.9 Å². The predicted octanol–water partition coefficient (Wildman–Crippen LogP) is 3.32. The monoisotopic (exact) mass is 678 g/mol. The van der Waals surface area contributed by atoms with Crippen molar-refractivity contribution in [2.75, 3.05) is 58.5 Å². The second-order valence-corrected chi connectivity index (χ2v) is 15.6. The summed E-state index contributed by atoms with van der Waals surface area (Å²) in [6.45, 7) is 2.03. The number of aromatic nitrogens is 2. The molecule has 4 aliphatic heterocycles. The molecule has 3 saturated heterocycles. The van der Waals surface area contributed by atoms with E-state index in [-0.39, 0.29) is 76.3 Å². The number of aromatic hydroxyl groups is 1. The van der Waals surface area contributed by atoms with Crippen molar-refractivity contribution in [3.05, 3.63) is 46.9 Å². The lowest BCUT2D eigenvalue weighted by molar-refractivity contribution is -0.0232. The van der Waals surface area contributed by atoms with Crippen molar-refractivity contribution in [3.8, 4) is 24.1 Å². The van der Waals surface area contributed by atoms with E-state index in [1.165, 1.54) is 18.2 Å². The zero-order chi connectivity index (χ0) is 33.5. The number of rotatable bonds is 8. The highest BCUT2D eigenvalue weighted by Crippen LogP contribution is 2.50.